The molecule has 0 radical (unpaired) electrons. The van der Waals surface area contributed by atoms with E-state index in [1.807, 2.05) is 0 Å². The zero-order chi connectivity index (χ0) is 21.0. The Labute approximate surface area is 155 Å². The molecule has 2 N–H and O–H groups in total. The Morgan fingerprint density at radius 2 is 1.75 bits per heavy atom. The third kappa shape index (κ3) is 3.81. The molecule has 0 fully saturated rings. The number of azo groups is 1. The van der Waals surface area contributed by atoms with Gasteiger partial charge in [0.25, 0.3) is 16.9 Å². The first-order chi connectivity index (χ1) is 13.2. The lowest BCUT2D eigenvalue weighted by Gasteiger charge is -2.11. The summed E-state index contributed by atoms with van der Waals surface area (Å²) >= 11 is 0. The van der Waals surface area contributed by atoms with Gasteiger partial charge in [0, 0.05) is 17.7 Å². The Bertz CT molecular complexity index is 1070. The Hall–Kier alpha value is -4.18. The molecule has 1 aromatic carbocycles. The topological polar surface area (TPSA) is 197 Å². The average Bonchev–Trinajstić information content (AvgIpc) is 2.65. The molecule has 2 aromatic rings. The largest absolute Gasteiger partial charge is 0.493 e. The number of aliphatic hydroxyl groups excluding tert-OH is 1. The van der Waals surface area contributed by atoms with E-state index in [1.54, 1.807) is 6.07 Å². The number of hydrogen-bond acceptors (Lipinski definition) is 10. The van der Waals surface area contributed by atoms with Crippen molar-refractivity contribution in [1.29, 1.82) is 5.26 Å². The van der Waals surface area contributed by atoms with Crippen LogP contribution in [-0.2, 0) is 6.54 Å². The van der Waals surface area contributed by atoms with Gasteiger partial charge in [-0.25, -0.2) is 0 Å². The first-order valence-corrected chi connectivity index (χ1v) is 7.54. The van der Waals surface area contributed by atoms with Crippen LogP contribution < -0.4 is 5.56 Å². The number of benzene rings is 1. The fraction of sp³-hybridized carbons (Fsp3) is 0.200. The molecule has 28 heavy (non-hydrogen) atoms. The van der Waals surface area contributed by atoms with Gasteiger partial charge in [-0.1, -0.05) is 0 Å². The van der Waals surface area contributed by atoms with Crippen LogP contribution in [0.2, 0.25) is 0 Å². The van der Waals surface area contributed by atoms with E-state index in [-0.39, 0.29) is 29.0 Å². The van der Waals surface area contributed by atoms with Crippen LogP contribution in [0, 0.1) is 38.5 Å². The molecule has 0 amide bonds. The molecule has 0 saturated heterocycles. The summed E-state index contributed by atoms with van der Waals surface area (Å²) in [5.41, 5.74) is -2.97. The Balaban J connectivity index is 2.66. The second kappa shape index (κ2) is 8.01. The first-order valence-electron chi connectivity index (χ1n) is 7.54. The molecular weight excluding hydrogens is 376 g/mol. The number of non-ortho nitro benzene ring substituents is 2. The van der Waals surface area contributed by atoms with Gasteiger partial charge in [0.1, 0.15) is 11.6 Å². The minimum absolute atomic E-state index is 0.0112. The number of nitro benzene ring substituents is 2. The lowest BCUT2D eigenvalue weighted by Crippen LogP contribution is -2.23. The van der Waals surface area contributed by atoms with Gasteiger partial charge in [0.15, 0.2) is 5.69 Å². The van der Waals surface area contributed by atoms with Crippen LogP contribution in [0.25, 0.3) is 0 Å². The van der Waals surface area contributed by atoms with Crippen molar-refractivity contribution in [2.75, 3.05) is 6.61 Å². The number of rotatable bonds is 6. The number of nitriles is 1. The highest BCUT2D eigenvalue weighted by Gasteiger charge is 2.20. The normalized spacial score (nSPS) is 10.8. The lowest BCUT2D eigenvalue weighted by molar-refractivity contribution is -0.394. The molecule has 13 nitrogen and oxygen atoms in total. The Morgan fingerprint density at radius 3 is 2.21 bits per heavy atom. The van der Waals surface area contributed by atoms with E-state index in [2.05, 4.69) is 10.2 Å². The quantitative estimate of drug-likeness (QED) is 0.425. The molecule has 0 unspecified atom stereocenters. The van der Waals surface area contributed by atoms with Crippen LogP contribution in [0.5, 0.6) is 5.88 Å². The maximum atomic E-state index is 12.5. The molecule has 0 saturated carbocycles. The highest BCUT2D eigenvalue weighted by molar-refractivity contribution is 5.58. The smallest absolute Gasteiger partial charge is 0.281 e. The van der Waals surface area contributed by atoms with Gasteiger partial charge in [-0.05, 0) is 6.92 Å². The van der Waals surface area contributed by atoms with Gasteiger partial charge in [0.2, 0.25) is 5.88 Å². The van der Waals surface area contributed by atoms with E-state index >= 15 is 0 Å². The van der Waals surface area contributed by atoms with Crippen LogP contribution in [0.4, 0.5) is 22.7 Å². The van der Waals surface area contributed by atoms with Gasteiger partial charge < -0.3 is 10.2 Å². The number of nitro groups is 2. The van der Waals surface area contributed by atoms with Gasteiger partial charge in [-0.3, -0.25) is 29.6 Å². The zero-order valence-corrected chi connectivity index (χ0v) is 14.3. The summed E-state index contributed by atoms with van der Waals surface area (Å²) in [5.74, 6) is -0.649. The SMILES string of the molecule is Cc1c(C#N)c(O)n(CCO)c(=O)c1N=Nc1cc([N+](=O)[O-])cc([N+](=O)[O-])c1. The van der Waals surface area contributed by atoms with Crippen LogP contribution in [0.15, 0.2) is 33.2 Å². The molecule has 13 heteroatoms. The molecule has 0 bridgehead atoms. The van der Waals surface area contributed by atoms with E-state index in [0.29, 0.717) is 0 Å². The maximum Gasteiger partial charge on any atom is 0.281 e. The average molecular weight is 388 g/mol. The number of hydrogen-bond donors (Lipinski definition) is 2. The second-order valence-corrected chi connectivity index (χ2v) is 5.39. The zero-order valence-electron chi connectivity index (χ0n) is 14.3. The number of aromatic hydroxyl groups is 1. The molecule has 0 atom stereocenters. The van der Waals surface area contributed by atoms with E-state index in [0.717, 1.165) is 22.8 Å². The van der Waals surface area contributed by atoms with Crippen molar-refractivity contribution in [3.63, 3.8) is 0 Å². The third-order valence-corrected chi connectivity index (χ3v) is 3.67. The molecular formula is C15H12N6O7. The summed E-state index contributed by atoms with van der Waals surface area (Å²) in [6, 6.07) is 4.29. The van der Waals surface area contributed by atoms with Gasteiger partial charge in [0.05, 0.1) is 34.8 Å². The van der Waals surface area contributed by atoms with E-state index in [9.17, 15) is 35.4 Å². The van der Waals surface area contributed by atoms with Crippen LogP contribution in [0.3, 0.4) is 0 Å². The minimum Gasteiger partial charge on any atom is -0.493 e. The van der Waals surface area contributed by atoms with Crippen molar-refractivity contribution in [2.24, 2.45) is 10.2 Å². The summed E-state index contributed by atoms with van der Waals surface area (Å²) in [6.07, 6.45) is 0. The monoisotopic (exact) mass is 388 g/mol. The summed E-state index contributed by atoms with van der Waals surface area (Å²) in [6.45, 7) is 0.507. The van der Waals surface area contributed by atoms with Crippen LogP contribution in [-0.4, -0.2) is 31.2 Å². The van der Waals surface area contributed by atoms with Gasteiger partial charge in [-0.15, -0.1) is 10.2 Å². The standard InChI is InChI=1S/C15H12N6O7/c1-8-12(7-16)14(23)19(2-3-22)15(24)13(8)18-17-9-4-10(20(25)26)6-11(5-9)21(27)28/h4-6,22-23H,2-3H2,1H3. The second-order valence-electron chi connectivity index (χ2n) is 5.39. The molecule has 1 heterocycles. The molecule has 2 rings (SSSR count). The molecule has 0 aliphatic heterocycles. The third-order valence-electron chi connectivity index (χ3n) is 3.67. The van der Waals surface area contributed by atoms with Crippen LogP contribution >= 0.6 is 0 Å². The summed E-state index contributed by atoms with van der Waals surface area (Å²) in [4.78, 5) is 32.6. The van der Waals surface area contributed by atoms with Crippen molar-refractivity contribution in [3.8, 4) is 11.9 Å². The predicted octanol–water partition coefficient (Wildman–Crippen LogP) is 1.96. The Morgan fingerprint density at radius 1 is 1.18 bits per heavy atom. The van der Waals surface area contributed by atoms with E-state index < -0.39 is 39.3 Å². The summed E-state index contributed by atoms with van der Waals surface area (Å²) in [7, 11) is 0. The molecule has 0 spiro atoms. The summed E-state index contributed by atoms with van der Waals surface area (Å²) < 4.78 is 0.718. The number of aliphatic hydroxyl groups is 1. The molecule has 0 aliphatic rings. The number of aromatic nitrogens is 1. The molecule has 144 valence electrons. The molecule has 0 aliphatic carbocycles. The van der Waals surface area contributed by atoms with Gasteiger partial charge in [-0.2, -0.15) is 5.26 Å². The number of nitrogens with zero attached hydrogens (tertiary/aromatic N) is 6. The summed E-state index contributed by atoms with van der Waals surface area (Å²) in [5, 5.41) is 57.3. The predicted molar refractivity (Wildman–Crippen MR) is 92.8 cm³/mol. The maximum absolute atomic E-state index is 12.5. The fourth-order valence-corrected chi connectivity index (χ4v) is 2.32. The Kier molecular flexibility index (Phi) is 5.76. The highest BCUT2D eigenvalue weighted by atomic mass is 16.6. The highest BCUT2D eigenvalue weighted by Crippen LogP contribution is 2.30. The number of pyridine rings is 1. The fourth-order valence-electron chi connectivity index (χ4n) is 2.32. The van der Waals surface area contributed by atoms with E-state index in [4.69, 9.17) is 5.11 Å². The van der Waals surface area contributed by atoms with Crippen molar-refractivity contribution >= 4 is 22.7 Å². The van der Waals surface area contributed by atoms with Crippen molar-refractivity contribution < 1.29 is 20.1 Å². The van der Waals surface area contributed by atoms with Crippen molar-refractivity contribution in [1.82, 2.24) is 4.57 Å². The van der Waals surface area contributed by atoms with Gasteiger partial charge >= 0.3 is 0 Å². The van der Waals surface area contributed by atoms with Crippen molar-refractivity contribution in [2.45, 2.75) is 13.5 Å². The van der Waals surface area contributed by atoms with Crippen LogP contribution in [0.1, 0.15) is 11.1 Å². The van der Waals surface area contributed by atoms with Crippen molar-refractivity contribution in [3.05, 3.63) is 59.9 Å². The minimum atomic E-state index is -0.869. The van der Waals surface area contributed by atoms with E-state index in [1.165, 1.54) is 6.92 Å². The molecule has 1 aromatic heterocycles. The lowest BCUT2D eigenvalue weighted by atomic mass is 10.1. The first kappa shape index (κ1) is 20.1.